The Morgan fingerprint density at radius 3 is 2.50 bits per heavy atom. The first kappa shape index (κ1) is 13.8. The van der Waals surface area contributed by atoms with E-state index in [0.717, 1.165) is 51.6 Å². The molecule has 0 spiro atoms. The minimum atomic E-state index is -0.177. The van der Waals surface area contributed by atoms with Gasteiger partial charge in [0.25, 0.3) is 0 Å². The highest BCUT2D eigenvalue weighted by molar-refractivity contribution is 5.77. The Morgan fingerprint density at radius 2 is 1.83 bits per heavy atom. The molecule has 1 aliphatic carbocycles. The Balaban J connectivity index is 1.59. The summed E-state index contributed by atoms with van der Waals surface area (Å²) in [5, 5.41) is 15.6. The summed E-state index contributed by atoms with van der Waals surface area (Å²) in [4.78, 5) is 11.7. The van der Waals surface area contributed by atoms with Crippen LogP contribution in [0.2, 0.25) is 0 Å². The predicted octanol–water partition coefficient (Wildman–Crippen LogP) is 0.175. The molecule has 1 heterocycles. The maximum atomic E-state index is 11.7. The number of carbonyl (C=O) groups excluding carboxylic acids is 1. The molecule has 104 valence electrons. The number of aliphatic hydroxyl groups excluding tert-OH is 1. The molecule has 1 saturated carbocycles. The van der Waals surface area contributed by atoms with E-state index in [2.05, 4.69) is 10.6 Å². The Morgan fingerprint density at radius 1 is 1.17 bits per heavy atom. The molecular formula is C13H24N2O3. The highest BCUT2D eigenvalue weighted by Crippen LogP contribution is 2.18. The molecule has 0 bridgehead atoms. The van der Waals surface area contributed by atoms with Gasteiger partial charge in [-0.05, 0) is 51.6 Å². The van der Waals surface area contributed by atoms with Crippen molar-refractivity contribution in [2.75, 3.05) is 19.7 Å². The second kappa shape index (κ2) is 7.07. The van der Waals surface area contributed by atoms with E-state index in [-0.39, 0.29) is 30.8 Å². The molecule has 3 N–H and O–H groups in total. The molecule has 0 radical (unpaired) electrons. The first-order chi connectivity index (χ1) is 8.74. The Hall–Kier alpha value is -0.650. The molecule has 0 aromatic rings. The average Bonchev–Trinajstić information content (AvgIpc) is 2.40. The van der Waals surface area contributed by atoms with Gasteiger partial charge in [0.1, 0.15) is 6.61 Å². The Labute approximate surface area is 108 Å². The number of hydrogen-bond acceptors (Lipinski definition) is 4. The Bertz CT molecular complexity index is 259. The molecule has 0 unspecified atom stereocenters. The highest BCUT2D eigenvalue weighted by atomic mass is 16.5. The van der Waals surface area contributed by atoms with Crippen molar-refractivity contribution in [3.8, 4) is 0 Å². The number of nitrogens with one attached hydrogen (secondary N) is 2. The van der Waals surface area contributed by atoms with E-state index in [1.54, 1.807) is 0 Å². The topological polar surface area (TPSA) is 70.6 Å². The number of amides is 1. The first-order valence-corrected chi connectivity index (χ1v) is 7.04. The monoisotopic (exact) mass is 256 g/mol. The van der Waals surface area contributed by atoms with Gasteiger partial charge in [0, 0.05) is 6.04 Å². The third kappa shape index (κ3) is 4.55. The lowest BCUT2D eigenvalue weighted by atomic mass is 9.93. The zero-order valence-corrected chi connectivity index (χ0v) is 10.9. The summed E-state index contributed by atoms with van der Waals surface area (Å²) in [5.41, 5.74) is 0. The van der Waals surface area contributed by atoms with Gasteiger partial charge < -0.3 is 20.5 Å². The first-order valence-electron chi connectivity index (χ1n) is 7.04. The molecule has 18 heavy (non-hydrogen) atoms. The Kier molecular flexibility index (Phi) is 5.41. The van der Waals surface area contributed by atoms with Gasteiger partial charge in [0.15, 0.2) is 0 Å². The van der Waals surface area contributed by atoms with Crippen LogP contribution in [0.5, 0.6) is 0 Å². The molecule has 0 atom stereocenters. The third-order valence-electron chi connectivity index (χ3n) is 3.80. The van der Waals surface area contributed by atoms with E-state index < -0.39 is 0 Å². The number of piperidine rings is 1. The number of aliphatic hydroxyl groups is 1. The van der Waals surface area contributed by atoms with Crippen LogP contribution in [-0.4, -0.2) is 49.0 Å². The highest BCUT2D eigenvalue weighted by Gasteiger charge is 2.21. The molecule has 1 saturated heterocycles. The fourth-order valence-electron chi connectivity index (χ4n) is 2.65. The van der Waals surface area contributed by atoms with Crippen LogP contribution in [-0.2, 0) is 9.53 Å². The lowest BCUT2D eigenvalue weighted by Crippen LogP contribution is -2.41. The van der Waals surface area contributed by atoms with Gasteiger partial charge in [-0.15, -0.1) is 0 Å². The fourth-order valence-corrected chi connectivity index (χ4v) is 2.65. The summed E-state index contributed by atoms with van der Waals surface area (Å²) in [6.07, 6.45) is 5.36. The summed E-state index contributed by atoms with van der Waals surface area (Å²) in [6, 6.07) is 0.220. The zero-order chi connectivity index (χ0) is 12.8. The van der Waals surface area contributed by atoms with Crippen LogP contribution in [0.1, 0.15) is 38.5 Å². The summed E-state index contributed by atoms with van der Waals surface area (Å²) < 4.78 is 5.61. The van der Waals surface area contributed by atoms with Crippen molar-refractivity contribution < 1.29 is 14.6 Å². The molecule has 5 nitrogen and oxygen atoms in total. The van der Waals surface area contributed by atoms with Crippen LogP contribution in [0.15, 0.2) is 0 Å². The molecule has 1 amide bonds. The largest absolute Gasteiger partial charge is 0.393 e. The van der Waals surface area contributed by atoms with E-state index in [0.29, 0.717) is 0 Å². The number of hydrogen-bond donors (Lipinski definition) is 3. The predicted molar refractivity (Wildman–Crippen MR) is 68.2 cm³/mol. The van der Waals surface area contributed by atoms with Gasteiger partial charge in [-0.1, -0.05) is 0 Å². The smallest absolute Gasteiger partial charge is 0.246 e. The molecule has 2 aliphatic rings. The molecule has 1 aliphatic heterocycles. The SMILES string of the molecule is O=C(COC1CCNCC1)NC1CCC(O)CC1. The van der Waals surface area contributed by atoms with Crippen molar-refractivity contribution in [2.45, 2.75) is 56.8 Å². The van der Waals surface area contributed by atoms with E-state index in [1.807, 2.05) is 0 Å². The number of carbonyl (C=O) groups is 1. The lowest BCUT2D eigenvalue weighted by molar-refractivity contribution is -0.129. The minimum Gasteiger partial charge on any atom is -0.393 e. The lowest BCUT2D eigenvalue weighted by Gasteiger charge is -2.27. The van der Waals surface area contributed by atoms with Crippen LogP contribution in [0.25, 0.3) is 0 Å². The molecule has 2 fully saturated rings. The molecule has 5 heteroatoms. The van der Waals surface area contributed by atoms with Gasteiger partial charge in [0.2, 0.25) is 5.91 Å². The van der Waals surface area contributed by atoms with Crippen LogP contribution < -0.4 is 10.6 Å². The van der Waals surface area contributed by atoms with Crippen molar-refractivity contribution in [3.05, 3.63) is 0 Å². The average molecular weight is 256 g/mol. The molecule has 0 aromatic heterocycles. The minimum absolute atomic E-state index is 0.0186. The van der Waals surface area contributed by atoms with E-state index in [1.165, 1.54) is 0 Å². The van der Waals surface area contributed by atoms with Crippen LogP contribution >= 0.6 is 0 Å². The van der Waals surface area contributed by atoms with Crippen LogP contribution in [0.3, 0.4) is 0 Å². The second-order valence-electron chi connectivity index (χ2n) is 5.33. The van der Waals surface area contributed by atoms with Crippen LogP contribution in [0, 0.1) is 0 Å². The van der Waals surface area contributed by atoms with Crippen molar-refractivity contribution >= 4 is 5.91 Å². The molecule has 2 rings (SSSR count). The van der Waals surface area contributed by atoms with E-state index >= 15 is 0 Å². The third-order valence-corrected chi connectivity index (χ3v) is 3.80. The van der Waals surface area contributed by atoms with Gasteiger partial charge in [-0.3, -0.25) is 4.79 Å². The van der Waals surface area contributed by atoms with Crippen molar-refractivity contribution in [1.82, 2.24) is 10.6 Å². The maximum Gasteiger partial charge on any atom is 0.246 e. The van der Waals surface area contributed by atoms with Crippen molar-refractivity contribution in [1.29, 1.82) is 0 Å². The molecular weight excluding hydrogens is 232 g/mol. The van der Waals surface area contributed by atoms with Crippen molar-refractivity contribution in [2.24, 2.45) is 0 Å². The normalized spacial score (nSPS) is 30.1. The number of rotatable bonds is 4. The van der Waals surface area contributed by atoms with Crippen molar-refractivity contribution in [3.63, 3.8) is 0 Å². The summed E-state index contributed by atoms with van der Waals surface area (Å²) in [7, 11) is 0. The van der Waals surface area contributed by atoms with Gasteiger partial charge in [0.05, 0.1) is 12.2 Å². The maximum absolute atomic E-state index is 11.7. The zero-order valence-electron chi connectivity index (χ0n) is 10.9. The van der Waals surface area contributed by atoms with Gasteiger partial charge in [-0.2, -0.15) is 0 Å². The van der Waals surface area contributed by atoms with Crippen LogP contribution in [0.4, 0.5) is 0 Å². The van der Waals surface area contributed by atoms with Gasteiger partial charge in [-0.25, -0.2) is 0 Å². The van der Waals surface area contributed by atoms with Gasteiger partial charge >= 0.3 is 0 Å². The van der Waals surface area contributed by atoms with E-state index in [4.69, 9.17) is 4.74 Å². The standard InChI is InChI=1S/C13H24N2O3/c16-11-3-1-10(2-4-11)15-13(17)9-18-12-5-7-14-8-6-12/h10-12,14,16H,1-9H2,(H,15,17). The fraction of sp³-hybridized carbons (Fsp3) is 0.923. The summed E-state index contributed by atoms with van der Waals surface area (Å²) in [5.74, 6) is -0.0186. The molecule has 0 aromatic carbocycles. The quantitative estimate of drug-likeness (QED) is 0.671. The number of ether oxygens (including phenoxy) is 1. The summed E-state index contributed by atoms with van der Waals surface area (Å²) >= 11 is 0. The summed E-state index contributed by atoms with van der Waals surface area (Å²) in [6.45, 7) is 2.13. The van der Waals surface area contributed by atoms with E-state index in [9.17, 15) is 9.90 Å². The second-order valence-corrected chi connectivity index (χ2v) is 5.33.